The summed E-state index contributed by atoms with van der Waals surface area (Å²) in [6.07, 6.45) is 0. The summed E-state index contributed by atoms with van der Waals surface area (Å²) in [7, 11) is 1.54. The van der Waals surface area contributed by atoms with Crippen molar-refractivity contribution in [2.75, 3.05) is 7.05 Å². The van der Waals surface area contributed by atoms with Crippen LogP contribution in [0, 0.1) is 0 Å². The van der Waals surface area contributed by atoms with Gasteiger partial charge in [0.25, 0.3) is 11.8 Å². The van der Waals surface area contributed by atoms with Gasteiger partial charge >= 0.3 is 0 Å². The molecule has 0 spiro atoms. The van der Waals surface area contributed by atoms with E-state index >= 15 is 0 Å². The van der Waals surface area contributed by atoms with Gasteiger partial charge in [-0.05, 0) is 30.3 Å². The summed E-state index contributed by atoms with van der Waals surface area (Å²) in [6, 6.07) is 26.1. The van der Waals surface area contributed by atoms with Gasteiger partial charge < -0.3 is 4.57 Å². The fourth-order valence-electron chi connectivity index (χ4n) is 4.58. The molecule has 0 aliphatic carbocycles. The van der Waals surface area contributed by atoms with Crippen LogP contribution in [0.1, 0.15) is 20.7 Å². The lowest BCUT2D eigenvalue weighted by Crippen LogP contribution is -2.36. The standard InChI is InChI=1S/C25H16N2O2/c1-26-24(28)18-10-6-9-17-22(14-13-19(23(17)18)25(26)29)27-20-11-4-2-7-15(20)16-8-3-5-12-21(16)27/h2-14H,1H3. The molecule has 5 aromatic rings. The highest BCUT2D eigenvalue weighted by molar-refractivity contribution is 6.26. The van der Waals surface area contributed by atoms with Gasteiger partial charge in [0, 0.05) is 39.7 Å². The number of aromatic nitrogens is 1. The smallest absolute Gasteiger partial charge is 0.261 e. The van der Waals surface area contributed by atoms with Crippen LogP contribution in [-0.2, 0) is 0 Å². The van der Waals surface area contributed by atoms with Gasteiger partial charge in [-0.2, -0.15) is 0 Å². The number of imide groups is 1. The monoisotopic (exact) mass is 376 g/mol. The summed E-state index contributed by atoms with van der Waals surface area (Å²) in [6.45, 7) is 0. The van der Waals surface area contributed by atoms with Crippen molar-refractivity contribution in [2.24, 2.45) is 0 Å². The number of para-hydroxylation sites is 2. The van der Waals surface area contributed by atoms with Gasteiger partial charge in [-0.3, -0.25) is 14.5 Å². The van der Waals surface area contributed by atoms with Gasteiger partial charge in [0.1, 0.15) is 0 Å². The number of hydrogen-bond acceptors (Lipinski definition) is 2. The molecular formula is C25H16N2O2. The minimum absolute atomic E-state index is 0.257. The van der Waals surface area contributed by atoms with E-state index in [2.05, 4.69) is 28.8 Å². The molecule has 0 atom stereocenters. The van der Waals surface area contributed by atoms with E-state index in [0.29, 0.717) is 11.1 Å². The molecule has 0 bridgehead atoms. The Balaban J connectivity index is 1.80. The number of hydrogen-bond donors (Lipinski definition) is 0. The van der Waals surface area contributed by atoms with Crippen LogP contribution in [0.5, 0.6) is 0 Å². The van der Waals surface area contributed by atoms with E-state index in [-0.39, 0.29) is 11.8 Å². The molecule has 2 heterocycles. The molecule has 1 aliphatic rings. The van der Waals surface area contributed by atoms with Crippen LogP contribution >= 0.6 is 0 Å². The van der Waals surface area contributed by atoms with Gasteiger partial charge in [0.15, 0.2) is 0 Å². The van der Waals surface area contributed by atoms with Gasteiger partial charge in [0.2, 0.25) is 0 Å². The van der Waals surface area contributed by atoms with E-state index in [1.807, 2.05) is 48.5 Å². The molecule has 2 amide bonds. The zero-order chi connectivity index (χ0) is 19.7. The first-order valence-corrected chi connectivity index (χ1v) is 9.53. The maximum Gasteiger partial charge on any atom is 0.261 e. The van der Waals surface area contributed by atoms with Crippen molar-refractivity contribution in [3.8, 4) is 5.69 Å². The average molecular weight is 376 g/mol. The molecule has 4 nitrogen and oxygen atoms in total. The molecule has 4 aromatic carbocycles. The molecule has 0 saturated carbocycles. The lowest BCUT2D eigenvalue weighted by Gasteiger charge is -2.25. The first-order chi connectivity index (χ1) is 14.2. The third kappa shape index (κ3) is 1.98. The van der Waals surface area contributed by atoms with Crippen molar-refractivity contribution >= 4 is 44.4 Å². The third-order valence-corrected chi connectivity index (χ3v) is 5.91. The molecule has 0 saturated heterocycles. The lowest BCUT2D eigenvalue weighted by molar-refractivity contribution is 0.0650. The molecule has 0 unspecified atom stereocenters. The van der Waals surface area contributed by atoms with E-state index in [9.17, 15) is 9.59 Å². The zero-order valence-corrected chi connectivity index (χ0v) is 15.7. The van der Waals surface area contributed by atoms with Gasteiger partial charge in [-0.1, -0.05) is 48.5 Å². The fourth-order valence-corrected chi connectivity index (χ4v) is 4.58. The van der Waals surface area contributed by atoms with E-state index < -0.39 is 0 Å². The molecule has 1 aliphatic heterocycles. The topological polar surface area (TPSA) is 42.3 Å². The summed E-state index contributed by atoms with van der Waals surface area (Å²) >= 11 is 0. The molecule has 29 heavy (non-hydrogen) atoms. The number of nitrogens with zero attached hydrogens (tertiary/aromatic N) is 2. The molecular weight excluding hydrogens is 360 g/mol. The molecule has 1 aromatic heterocycles. The molecule has 4 heteroatoms. The Hall–Kier alpha value is -3.92. The summed E-state index contributed by atoms with van der Waals surface area (Å²) < 4.78 is 2.22. The minimum atomic E-state index is -0.257. The van der Waals surface area contributed by atoms with Gasteiger partial charge in [-0.25, -0.2) is 0 Å². The number of fused-ring (bicyclic) bond motifs is 3. The molecule has 138 valence electrons. The van der Waals surface area contributed by atoms with Gasteiger partial charge in [-0.15, -0.1) is 0 Å². The highest BCUT2D eigenvalue weighted by Gasteiger charge is 2.31. The normalized spacial score (nSPS) is 13.8. The van der Waals surface area contributed by atoms with Crippen molar-refractivity contribution < 1.29 is 9.59 Å². The molecule has 0 radical (unpaired) electrons. The van der Waals surface area contributed by atoms with Crippen LogP contribution in [0.3, 0.4) is 0 Å². The predicted octanol–water partition coefficient (Wildman–Crippen LogP) is 5.16. The van der Waals surface area contributed by atoms with Crippen molar-refractivity contribution in [3.05, 3.63) is 90.0 Å². The van der Waals surface area contributed by atoms with Gasteiger partial charge in [0.05, 0.1) is 16.7 Å². The first-order valence-electron chi connectivity index (χ1n) is 9.53. The molecule has 0 fully saturated rings. The molecule has 0 N–H and O–H groups in total. The van der Waals surface area contributed by atoms with E-state index in [0.717, 1.165) is 27.5 Å². The largest absolute Gasteiger partial charge is 0.309 e. The van der Waals surface area contributed by atoms with Crippen LogP contribution in [0.25, 0.3) is 38.3 Å². The minimum Gasteiger partial charge on any atom is -0.309 e. The van der Waals surface area contributed by atoms with Crippen LogP contribution in [-0.4, -0.2) is 28.3 Å². The Labute approximate surface area is 166 Å². The highest BCUT2D eigenvalue weighted by Crippen LogP contribution is 2.37. The Morgan fingerprint density at radius 2 is 1.14 bits per heavy atom. The Morgan fingerprint density at radius 1 is 0.586 bits per heavy atom. The summed E-state index contributed by atoms with van der Waals surface area (Å²) in [5.41, 5.74) is 4.30. The van der Waals surface area contributed by atoms with E-state index in [1.165, 1.54) is 22.7 Å². The highest BCUT2D eigenvalue weighted by atomic mass is 16.2. The molecule has 6 rings (SSSR count). The Kier molecular flexibility index (Phi) is 3.08. The van der Waals surface area contributed by atoms with Crippen molar-refractivity contribution in [1.29, 1.82) is 0 Å². The Bertz CT molecular complexity index is 1430. The van der Waals surface area contributed by atoms with Crippen LogP contribution < -0.4 is 0 Å². The second-order valence-electron chi connectivity index (χ2n) is 7.40. The maximum absolute atomic E-state index is 12.7. The third-order valence-electron chi connectivity index (χ3n) is 5.91. The van der Waals surface area contributed by atoms with Crippen molar-refractivity contribution in [3.63, 3.8) is 0 Å². The summed E-state index contributed by atoms with van der Waals surface area (Å²) in [5.74, 6) is -0.514. The first kappa shape index (κ1) is 16.1. The lowest BCUT2D eigenvalue weighted by atomic mass is 9.93. The van der Waals surface area contributed by atoms with Crippen molar-refractivity contribution in [1.82, 2.24) is 9.47 Å². The van der Waals surface area contributed by atoms with Crippen LogP contribution in [0.15, 0.2) is 78.9 Å². The number of carbonyl (C=O) groups is 2. The average Bonchev–Trinajstić information content (AvgIpc) is 3.10. The number of rotatable bonds is 1. The Morgan fingerprint density at radius 3 is 1.79 bits per heavy atom. The number of benzene rings is 4. The maximum atomic E-state index is 12.7. The van der Waals surface area contributed by atoms with Crippen LogP contribution in [0.4, 0.5) is 0 Å². The quantitative estimate of drug-likeness (QED) is 0.379. The van der Waals surface area contributed by atoms with E-state index in [4.69, 9.17) is 0 Å². The number of carbonyl (C=O) groups excluding carboxylic acids is 2. The summed E-state index contributed by atoms with van der Waals surface area (Å²) in [4.78, 5) is 26.7. The second-order valence-corrected chi connectivity index (χ2v) is 7.40. The fraction of sp³-hybridized carbons (Fsp3) is 0.0400. The van der Waals surface area contributed by atoms with Crippen molar-refractivity contribution in [2.45, 2.75) is 0 Å². The summed E-state index contributed by atoms with van der Waals surface area (Å²) in [5, 5.41) is 3.99. The van der Waals surface area contributed by atoms with Crippen LogP contribution in [0.2, 0.25) is 0 Å². The zero-order valence-electron chi connectivity index (χ0n) is 15.7. The predicted molar refractivity (Wildman–Crippen MR) is 115 cm³/mol. The number of amides is 2. The SMILES string of the molecule is CN1C(=O)c2cccc3c(-n4c5ccccc5c5ccccc54)ccc(c23)C1=O. The van der Waals surface area contributed by atoms with E-state index in [1.54, 1.807) is 6.07 Å². The second kappa shape index (κ2) is 5.55.